The Morgan fingerprint density at radius 3 is 2.63 bits per heavy atom. The largest absolute Gasteiger partial charge is 0.409 e. The average Bonchev–Trinajstić information content (AvgIpc) is 3.14. The van der Waals surface area contributed by atoms with E-state index in [1.54, 1.807) is 14.1 Å². The number of oxime groups is 1. The van der Waals surface area contributed by atoms with E-state index < -0.39 is 17.5 Å². The number of H-pyrrole nitrogens is 1. The molecule has 2 aromatic carbocycles. The van der Waals surface area contributed by atoms with Crippen LogP contribution in [0, 0.1) is 17.5 Å². The topological polar surface area (TPSA) is 106 Å². The predicted molar refractivity (Wildman–Crippen MR) is 107 cm³/mol. The summed E-state index contributed by atoms with van der Waals surface area (Å²) in [6, 6.07) is 4.43. The average molecular weight is 441 g/mol. The molecule has 0 unspecified atom stereocenters. The van der Waals surface area contributed by atoms with Gasteiger partial charge in [0.15, 0.2) is 17.5 Å². The molecule has 1 aromatic heterocycles. The number of hydrogen-bond acceptors (Lipinski definition) is 5. The van der Waals surface area contributed by atoms with Gasteiger partial charge in [-0.1, -0.05) is 16.8 Å². The Hall–Kier alpha value is -3.47. The molecule has 0 aliphatic heterocycles. The Morgan fingerprint density at radius 2 is 2.00 bits per heavy atom. The van der Waals surface area contributed by atoms with Crippen LogP contribution in [0.4, 0.5) is 24.8 Å². The molecule has 0 atom stereocenters. The van der Waals surface area contributed by atoms with Crippen LogP contribution in [0.5, 0.6) is 0 Å². The van der Waals surface area contributed by atoms with Crippen LogP contribution in [0.2, 0.25) is 5.02 Å². The highest BCUT2D eigenvalue weighted by molar-refractivity contribution is 6.31. The third-order valence-corrected chi connectivity index (χ3v) is 4.39. The lowest BCUT2D eigenvalue weighted by Crippen LogP contribution is -2.28. The molecule has 0 saturated heterocycles. The number of imidazole rings is 1. The number of likely N-dealkylation sites (N-methyl/N-ethyl adjacent to an activating group) is 1. The first-order valence-electron chi connectivity index (χ1n) is 8.47. The minimum Gasteiger partial charge on any atom is -0.409 e. The van der Waals surface area contributed by atoms with Gasteiger partial charge in [0, 0.05) is 25.3 Å². The van der Waals surface area contributed by atoms with Crippen molar-refractivity contribution in [2.24, 2.45) is 5.16 Å². The van der Waals surface area contributed by atoms with Crippen molar-refractivity contribution in [3.05, 3.63) is 52.3 Å². The molecule has 30 heavy (non-hydrogen) atoms. The maximum absolute atomic E-state index is 14.3. The van der Waals surface area contributed by atoms with Crippen LogP contribution in [0.15, 0.2) is 29.4 Å². The number of anilines is 2. The zero-order valence-electron chi connectivity index (χ0n) is 15.7. The Bertz CT molecular complexity index is 1150. The van der Waals surface area contributed by atoms with E-state index in [0.29, 0.717) is 0 Å². The number of rotatable bonds is 5. The van der Waals surface area contributed by atoms with Gasteiger partial charge in [-0.2, -0.15) is 0 Å². The molecule has 3 aromatic rings. The van der Waals surface area contributed by atoms with Crippen molar-refractivity contribution in [1.29, 1.82) is 0 Å². The molecular formula is C18H16ClF3N6O2. The summed E-state index contributed by atoms with van der Waals surface area (Å²) in [5, 5.41) is 17.7. The van der Waals surface area contributed by atoms with Gasteiger partial charge >= 0.3 is 0 Å². The van der Waals surface area contributed by atoms with Gasteiger partial charge in [0.1, 0.15) is 11.3 Å². The molecule has 4 N–H and O–H groups in total. The van der Waals surface area contributed by atoms with Crippen molar-refractivity contribution in [3.8, 4) is 0 Å². The van der Waals surface area contributed by atoms with Crippen LogP contribution in [-0.2, 0) is 4.79 Å². The van der Waals surface area contributed by atoms with Gasteiger partial charge in [-0.3, -0.25) is 4.79 Å². The first-order chi connectivity index (χ1) is 14.2. The zero-order valence-corrected chi connectivity index (χ0v) is 16.5. The molecule has 0 aliphatic rings. The smallest absolute Gasteiger partial charge is 0.241 e. The molecule has 3 rings (SSSR count). The fraction of sp³-hybridized carbons (Fsp3) is 0.167. The lowest BCUT2D eigenvalue weighted by Gasteiger charge is -2.11. The van der Waals surface area contributed by atoms with Gasteiger partial charge in [-0.25, -0.2) is 18.2 Å². The SMILES string of the molecule is CN(C)C(=O)CNc1nc2c(F)c(F)cc(/C(=N/O)Nc3ccc(F)c(Cl)c3)c2[nH]1. The van der Waals surface area contributed by atoms with E-state index in [2.05, 4.69) is 25.8 Å². The third-order valence-electron chi connectivity index (χ3n) is 4.11. The summed E-state index contributed by atoms with van der Waals surface area (Å²) in [4.78, 5) is 19.7. The highest BCUT2D eigenvalue weighted by atomic mass is 35.5. The van der Waals surface area contributed by atoms with Crippen molar-refractivity contribution in [1.82, 2.24) is 14.9 Å². The van der Waals surface area contributed by atoms with Gasteiger partial charge in [0.25, 0.3) is 0 Å². The normalized spacial score (nSPS) is 11.6. The van der Waals surface area contributed by atoms with Crippen molar-refractivity contribution < 1.29 is 23.2 Å². The van der Waals surface area contributed by atoms with Crippen molar-refractivity contribution in [3.63, 3.8) is 0 Å². The number of amides is 1. The number of aromatic nitrogens is 2. The lowest BCUT2D eigenvalue weighted by atomic mass is 10.1. The van der Waals surface area contributed by atoms with Crippen molar-refractivity contribution >= 4 is 46.0 Å². The maximum Gasteiger partial charge on any atom is 0.241 e. The van der Waals surface area contributed by atoms with E-state index in [1.807, 2.05) is 0 Å². The third kappa shape index (κ3) is 4.25. The maximum atomic E-state index is 14.3. The van der Waals surface area contributed by atoms with Gasteiger partial charge in [0.2, 0.25) is 11.9 Å². The standard InChI is InChI=1S/C18H16ClF3N6O2/c1-28(2)13(29)7-23-18-25-15-9(6-12(21)14(22)16(15)26-18)17(27-30)24-8-3-4-11(20)10(19)5-8/h3-6,30H,7H2,1-2H3,(H,24,27)(H2,23,25,26). The van der Waals surface area contributed by atoms with Crippen LogP contribution in [-0.4, -0.2) is 52.5 Å². The monoisotopic (exact) mass is 440 g/mol. The molecule has 0 saturated carbocycles. The molecule has 0 radical (unpaired) electrons. The second kappa shape index (κ2) is 8.49. The van der Waals surface area contributed by atoms with Crippen molar-refractivity contribution in [2.45, 2.75) is 0 Å². The highest BCUT2D eigenvalue weighted by Gasteiger charge is 2.21. The molecule has 0 aliphatic carbocycles. The minimum atomic E-state index is -1.24. The number of hydrogen-bond donors (Lipinski definition) is 4. The fourth-order valence-corrected chi connectivity index (χ4v) is 2.73. The van der Waals surface area contributed by atoms with E-state index in [-0.39, 0.29) is 51.5 Å². The predicted octanol–water partition coefficient (Wildman–Crippen LogP) is 3.38. The number of nitrogens with one attached hydrogen (secondary N) is 3. The minimum absolute atomic E-state index is 0.00205. The quantitative estimate of drug-likeness (QED) is 0.211. The van der Waals surface area contributed by atoms with Gasteiger partial charge in [0.05, 0.1) is 17.1 Å². The van der Waals surface area contributed by atoms with Gasteiger partial charge in [-0.15, -0.1) is 0 Å². The summed E-state index contributed by atoms with van der Waals surface area (Å²) in [5.41, 5.74) is -0.194. The first-order valence-corrected chi connectivity index (χ1v) is 8.85. The molecule has 12 heteroatoms. The molecule has 0 bridgehead atoms. The number of carbonyl (C=O) groups is 1. The second-order valence-corrected chi connectivity index (χ2v) is 6.78. The summed E-state index contributed by atoms with van der Waals surface area (Å²) in [6.45, 7) is -0.139. The van der Waals surface area contributed by atoms with E-state index in [1.165, 1.54) is 17.0 Å². The second-order valence-electron chi connectivity index (χ2n) is 6.37. The van der Waals surface area contributed by atoms with Gasteiger partial charge in [-0.05, 0) is 24.3 Å². The fourth-order valence-electron chi connectivity index (χ4n) is 2.55. The lowest BCUT2D eigenvalue weighted by molar-refractivity contribution is -0.126. The van der Waals surface area contributed by atoms with Crippen LogP contribution >= 0.6 is 11.6 Å². The Morgan fingerprint density at radius 1 is 1.27 bits per heavy atom. The van der Waals surface area contributed by atoms with Crippen molar-refractivity contribution in [2.75, 3.05) is 31.3 Å². The number of carbonyl (C=O) groups excluding carboxylic acids is 1. The summed E-state index contributed by atoms with van der Waals surface area (Å²) >= 11 is 5.73. The number of aromatic amines is 1. The molecular weight excluding hydrogens is 425 g/mol. The Balaban J connectivity index is 1.99. The molecule has 1 heterocycles. The van der Waals surface area contributed by atoms with Gasteiger partial charge < -0.3 is 25.7 Å². The Labute approximate surface area is 173 Å². The van der Waals surface area contributed by atoms with Crippen LogP contribution in [0.25, 0.3) is 11.0 Å². The van der Waals surface area contributed by atoms with Crippen LogP contribution in [0.3, 0.4) is 0 Å². The molecule has 8 nitrogen and oxygen atoms in total. The first kappa shape index (κ1) is 21.2. The number of halogens is 4. The molecule has 0 fully saturated rings. The van der Waals surface area contributed by atoms with E-state index >= 15 is 0 Å². The highest BCUT2D eigenvalue weighted by Crippen LogP contribution is 2.26. The van der Waals surface area contributed by atoms with E-state index in [4.69, 9.17) is 11.6 Å². The van der Waals surface area contributed by atoms with E-state index in [0.717, 1.165) is 12.1 Å². The van der Waals surface area contributed by atoms with E-state index in [9.17, 15) is 23.2 Å². The zero-order chi connectivity index (χ0) is 22.0. The molecule has 158 valence electrons. The number of benzene rings is 2. The summed E-state index contributed by atoms with van der Waals surface area (Å²) < 4.78 is 41.8. The number of nitrogens with zero attached hydrogens (tertiary/aromatic N) is 3. The molecule has 1 amide bonds. The number of fused-ring (bicyclic) bond motifs is 1. The summed E-state index contributed by atoms with van der Waals surface area (Å²) in [6.07, 6.45) is 0. The Kier molecular flexibility index (Phi) is 6.01. The molecule has 0 spiro atoms. The van der Waals surface area contributed by atoms with Crippen LogP contribution in [0.1, 0.15) is 5.56 Å². The number of amidine groups is 1. The summed E-state index contributed by atoms with van der Waals surface area (Å²) in [5.74, 6) is -3.65. The summed E-state index contributed by atoms with van der Waals surface area (Å²) in [7, 11) is 3.13. The van der Waals surface area contributed by atoms with Crippen LogP contribution < -0.4 is 10.6 Å².